The molecule has 0 unspecified atom stereocenters. The van der Waals surface area contributed by atoms with Gasteiger partial charge in [-0.05, 0) is 54.0 Å². The monoisotopic (exact) mass is 419 g/mol. The van der Waals surface area contributed by atoms with E-state index >= 15 is 0 Å². The van der Waals surface area contributed by atoms with E-state index in [1.54, 1.807) is 19.5 Å². The first kappa shape index (κ1) is 21.0. The summed E-state index contributed by atoms with van der Waals surface area (Å²) >= 11 is 0. The molecule has 32 heavy (non-hydrogen) atoms. The van der Waals surface area contributed by atoms with Crippen molar-refractivity contribution in [1.82, 2.24) is 9.97 Å². The molecule has 2 aromatic heterocycles. The van der Waals surface area contributed by atoms with Gasteiger partial charge in [0.2, 0.25) is 0 Å². The lowest BCUT2D eigenvalue weighted by molar-refractivity contribution is 1.33. The van der Waals surface area contributed by atoms with Gasteiger partial charge in [0, 0.05) is 53.4 Å². The Morgan fingerprint density at radius 3 is 2.72 bits per heavy atom. The fourth-order valence-corrected chi connectivity index (χ4v) is 3.76. The first-order chi connectivity index (χ1) is 15.5. The van der Waals surface area contributed by atoms with Crippen molar-refractivity contribution < 1.29 is 0 Å². The summed E-state index contributed by atoms with van der Waals surface area (Å²) in [6.07, 6.45) is 7.36. The molecule has 4 N–H and O–H groups in total. The van der Waals surface area contributed by atoms with E-state index in [2.05, 4.69) is 27.6 Å². The van der Waals surface area contributed by atoms with Gasteiger partial charge in [-0.3, -0.25) is 15.4 Å². The number of benzene rings is 2. The SMILES string of the molecule is C=C(C)/C=C(\C=NC)c1ccc(N)c(C(=N)c2cc3c(-c4cccnc4)cccc3[nH]2)c1. The smallest absolute Gasteiger partial charge is 0.0868 e. The fraction of sp³-hybridized carbons (Fsp3) is 0.0741. The van der Waals surface area contributed by atoms with Gasteiger partial charge in [0.1, 0.15) is 0 Å². The minimum absolute atomic E-state index is 0.334. The maximum atomic E-state index is 8.91. The number of H-pyrrole nitrogens is 1. The highest BCUT2D eigenvalue weighted by Gasteiger charge is 2.15. The van der Waals surface area contributed by atoms with Crippen LogP contribution in [0.1, 0.15) is 23.7 Å². The minimum Gasteiger partial charge on any atom is -0.398 e. The highest BCUT2D eigenvalue weighted by molar-refractivity contribution is 6.17. The van der Waals surface area contributed by atoms with Gasteiger partial charge in [0.25, 0.3) is 0 Å². The zero-order valence-corrected chi connectivity index (χ0v) is 18.2. The Hall–Kier alpha value is -4.25. The number of aromatic amines is 1. The van der Waals surface area contributed by atoms with Gasteiger partial charge < -0.3 is 10.7 Å². The van der Waals surface area contributed by atoms with Gasteiger partial charge in [-0.1, -0.05) is 42.5 Å². The molecule has 2 heterocycles. The molecule has 4 aromatic rings. The van der Waals surface area contributed by atoms with Gasteiger partial charge in [-0.25, -0.2) is 0 Å². The van der Waals surface area contributed by atoms with Gasteiger partial charge in [0.05, 0.1) is 11.4 Å². The molecule has 0 atom stereocenters. The Balaban J connectivity index is 1.79. The summed E-state index contributed by atoms with van der Waals surface area (Å²) in [5.41, 5.74) is 14.4. The van der Waals surface area contributed by atoms with Crippen LogP contribution in [0.5, 0.6) is 0 Å². The predicted molar refractivity (Wildman–Crippen MR) is 136 cm³/mol. The third-order valence-corrected chi connectivity index (χ3v) is 5.23. The number of aliphatic imine (C=N–C) groups is 1. The molecule has 0 aliphatic rings. The number of nitrogen functional groups attached to an aromatic ring is 1. The van der Waals surface area contributed by atoms with Gasteiger partial charge in [0.15, 0.2) is 0 Å². The molecule has 0 aliphatic carbocycles. The Labute approximate surface area is 187 Å². The number of nitrogens with two attached hydrogens (primary N) is 1. The second-order valence-electron chi connectivity index (χ2n) is 7.70. The Morgan fingerprint density at radius 1 is 1.16 bits per heavy atom. The number of anilines is 1. The molecule has 0 saturated carbocycles. The summed E-state index contributed by atoms with van der Waals surface area (Å²) in [7, 11) is 1.73. The topological polar surface area (TPSA) is 90.9 Å². The lowest BCUT2D eigenvalue weighted by Crippen LogP contribution is -2.07. The van der Waals surface area contributed by atoms with E-state index in [1.807, 2.05) is 67.7 Å². The number of hydrogen-bond donors (Lipinski definition) is 3. The van der Waals surface area contributed by atoms with Crippen LogP contribution in [0.3, 0.4) is 0 Å². The lowest BCUT2D eigenvalue weighted by Gasteiger charge is -2.10. The molecular formula is C27H25N5. The number of nitrogens with zero attached hydrogens (tertiary/aromatic N) is 2. The number of rotatable bonds is 6. The summed E-state index contributed by atoms with van der Waals surface area (Å²) in [6.45, 7) is 5.91. The van der Waals surface area contributed by atoms with Crippen LogP contribution in [-0.2, 0) is 0 Å². The van der Waals surface area contributed by atoms with Crippen molar-refractivity contribution >= 4 is 34.1 Å². The van der Waals surface area contributed by atoms with E-state index < -0.39 is 0 Å². The van der Waals surface area contributed by atoms with Crippen LogP contribution in [0, 0.1) is 5.41 Å². The molecule has 5 heteroatoms. The van der Waals surface area contributed by atoms with Crippen LogP contribution in [-0.4, -0.2) is 28.9 Å². The van der Waals surface area contributed by atoms with E-state index in [0.717, 1.165) is 38.7 Å². The summed E-state index contributed by atoms with van der Waals surface area (Å²) in [6, 6.07) is 17.7. The third kappa shape index (κ3) is 4.14. The van der Waals surface area contributed by atoms with Crippen molar-refractivity contribution in [3.8, 4) is 11.1 Å². The molecule has 4 rings (SSSR count). The number of nitrogens with one attached hydrogen (secondary N) is 2. The first-order valence-electron chi connectivity index (χ1n) is 10.3. The van der Waals surface area contributed by atoms with E-state index in [1.165, 1.54) is 0 Å². The van der Waals surface area contributed by atoms with Crippen LogP contribution < -0.4 is 5.73 Å². The molecule has 0 spiro atoms. The summed E-state index contributed by atoms with van der Waals surface area (Å²) in [5, 5.41) is 9.94. The quantitative estimate of drug-likeness (QED) is 0.207. The first-order valence-corrected chi connectivity index (χ1v) is 10.3. The van der Waals surface area contributed by atoms with E-state index in [4.69, 9.17) is 11.1 Å². The Morgan fingerprint density at radius 2 is 2.00 bits per heavy atom. The van der Waals surface area contributed by atoms with E-state index in [9.17, 15) is 0 Å². The van der Waals surface area contributed by atoms with Crippen LogP contribution >= 0.6 is 0 Å². The molecule has 2 aromatic carbocycles. The lowest BCUT2D eigenvalue weighted by atomic mass is 9.97. The van der Waals surface area contributed by atoms with Gasteiger partial charge in [-0.15, -0.1) is 0 Å². The molecule has 0 amide bonds. The predicted octanol–water partition coefficient (Wildman–Crippen LogP) is 5.89. The maximum absolute atomic E-state index is 8.91. The minimum atomic E-state index is 0.334. The largest absolute Gasteiger partial charge is 0.398 e. The molecule has 0 radical (unpaired) electrons. The second kappa shape index (κ2) is 8.86. The molecule has 0 aliphatic heterocycles. The van der Waals surface area contributed by atoms with Crippen LogP contribution in [0.15, 0.2) is 90.2 Å². The van der Waals surface area contributed by atoms with Crippen molar-refractivity contribution in [2.75, 3.05) is 12.8 Å². The standard InChI is InChI=1S/C27H25N5/c1-17(2)12-20(15-30-3)18-9-10-24(28)23(13-18)27(29)26-14-22-21(7-4-8-25(22)32-26)19-6-5-11-31-16-19/h4-16,29,32H,1,28H2,2-3H3/b20-12+,29-27?,30-15?. The highest BCUT2D eigenvalue weighted by Crippen LogP contribution is 2.30. The Bertz CT molecular complexity index is 1370. The third-order valence-electron chi connectivity index (χ3n) is 5.23. The number of aromatic nitrogens is 2. The van der Waals surface area contributed by atoms with Crippen molar-refractivity contribution in [1.29, 1.82) is 5.41 Å². The van der Waals surface area contributed by atoms with E-state index in [0.29, 0.717) is 22.7 Å². The molecule has 0 bridgehead atoms. The second-order valence-corrected chi connectivity index (χ2v) is 7.70. The molecular weight excluding hydrogens is 394 g/mol. The molecule has 158 valence electrons. The van der Waals surface area contributed by atoms with Crippen LogP contribution in [0.4, 0.5) is 5.69 Å². The summed E-state index contributed by atoms with van der Waals surface area (Å²) in [5.74, 6) is 0. The van der Waals surface area contributed by atoms with Crippen LogP contribution in [0.2, 0.25) is 0 Å². The molecule has 0 saturated heterocycles. The normalized spacial score (nSPS) is 11.9. The Kier molecular flexibility index (Phi) is 5.81. The zero-order chi connectivity index (χ0) is 22.7. The van der Waals surface area contributed by atoms with Crippen molar-refractivity contribution in [2.24, 2.45) is 4.99 Å². The number of allylic oxidation sites excluding steroid dienone is 3. The van der Waals surface area contributed by atoms with E-state index in [-0.39, 0.29) is 0 Å². The summed E-state index contributed by atoms with van der Waals surface area (Å²) < 4.78 is 0. The average molecular weight is 420 g/mol. The number of pyridine rings is 1. The fourth-order valence-electron chi connectivity index (χ4n) is 3.76. The molecule has 5 nitrogen and oxygen atoms in total. The van der Waals surface area contributed by atoms with Gasteiger partial charge >= 0.3 is 0 Å². The average Bonchev–Trinajstić information content (AvgIpc) is 3.23. The van der Waals surface area contributed by atoms with Crippen molar-refractivity contribution in [2.45, 2.75) is 6.92 Å². The maximum Gasteiger partial charge on any atom is 0.0868 e. The molecule has 0 fully saturated rings. The zero-order valence-electron chi connectivity index (χ0n) is 18.2. The highest BCUT2D eigenvalue weighted by atomic mass is 14.7. The summed E-state index contributed by atoms with van der Waals surface area (Å²) in [4.78, 5) is 11.8. The van der Waals surface area contributed by atoms with Crippen molar-refractivity contribution in [3.63, 3.8) is 0 Å². The number of hydrogen-bond acceptors (Lipinski definition) is 4. The van der Waals surface area contributed by atoms with Crippen LogP contribution in [0.25, 0.3) is 27.6 Å². The number of fused-ring (bicyclic) bond motifs is 1. The van der Waals surface area contributed by atoms with Crippen molar-refractivity contribution in [3.05, 3.63) is 102 Å². The van der Waals surface area contributed by atoms with Gasteiger partial charge in [-0.2, -0.15) is 0 Å².